The van der Waals surface area contributed by atoms with Crippen molar-refractivity contribution in [2.45, 2.75) is 13.0 Å². The minimum atomic E-state index is -0.133. The van der Waals surface area contributed by atoms with Gasteiger partial charge in [0.05, 0.1) is 29.5 Å². The number of aromatic amines is 1. The van der Waals surface area contributed by atoms with Gasteiger partial charge in [-0.3, -0.25) is 4.98 Å². The van der Waals surface area contributed by atoms with Crippen LogP contribution in [0.15, 0.2) is 95.2 Å². The Bertz CT molecular complexity index is 1720. The smallest absolute Gasteiger partial charge is 0.255 e. The largest absolute Gasteiger partial charge is 0.322 e. The van der Waals surface area contributed by atoms with Crippen molar-refractivity contribution in [2.75, 3.05) is 0 Å². The molecule has 0 aliphatic heterocycles. The van der Waals surface area contributed by atoms with Crippen LogP contribution >= 0.6 is 0 Å². The molecule has 1 N–H and O–H groups in total. The van der Waals surface area contributed by atoms with E-state index in [1.807, 2.05) is 60.7 Å². The van der Waals surface area contributed by atoms with Crippen molar-refractivity contribution in [1.82, 2.24) is 24.2 Å². The second kappa shape index (κ2) is 8.32. The lowest BCUT2D eigenvalue weighted by atomic mass is 10.1. The molecule has 0 aliphatic rings. The van der Waals surface area contributed by atoms with Gasteiger partial charge in [0, 0.05) is 12.6 Å². The lowest BCUT2D eigenvalue weighted by Crippen LogP contribution is -2.27. The first-order valence-corrected chi connectivity index (χ1v) is 11.0. The van der Waals surface area contributed by atoms with E-state index >= 15 is 0 Å². The standard InChI is InChI=1S/C26H19N7O/c34-26-22-23-25(31-21-12-5-4-11-20(21)30-23)33(29-16-19-10-6-7-14-27-19)24(22)28-17-32(26)15-13-18-8-2-1-3-9-18/h1-12,14,16-17H,13,15H2/p+1/b29-16+. The van der Waals surface area contributed by atoms with Crippen molar-refractivity contribution in [1.29, 1.82) is 0 Å². The number of hydrogen-bond acceptors (Lipinski definition) is 5. The number of nitrogens with zero attached hydrogens (tertiary/aromatic N) is 6. The van der Waals surface area contributed by atoms with Crippen LogP contribution in [0.25, 0.3) is 33.2 Å². The summed E-state index contributed by atoms with van der Waals surface area (Å²) in [7, 11) is 0. The molecule has 0 fully saturated rings. The lowest BCUT2D eigenvalue weighted by molar-refractivity contribution is -0.357. The average molecular weight is 446 g/mol. The van der Waals surface area contributed by atoms with Gasteiger partial charge < -0.3 is 0 Å². The van der Waals surface area contributed by atoms with Crippen molar-refractivity contribution in [3.05, 3.63) is 107 Å². The van der Waals surface area contributed by atoms with E-state index in [-0.39, 0.29) is 5.56 Å². The maximum Gasteiger partial charge on any atom is 0.322 e. The fourth-order valence-corrected chi connectivity index (χ4v) is 4.05. The third-order valence-corrected chi connectivity index (χ3v) is 5.75. The molecule has 0 saturated heterocycles. The van der Waals surface area contributed by atoms with Crippen LogP contribution in [0.4, 0.5) is 0 Å². The molecule has 6 aromatic rings. The van der Waals surface area contributed by atoms with Gasteiger partial charge in [-0.05, 0) is 29.8 Å². The molecular formula is C26H20N7O+. The molecule has 0 saturated carbocycles. The summed E-state index contributed by atoms with van der Waals surface area (Å²) in [4.78, 5) is 30.7. The quantitative estimate of drug-likeness (QED) is 0.380. The molecule has 8 nitrogen and oxygen atoms in total. The van der Waals surface area contributed by atoms with E-state index < -0.39 is 0 Å². The van der Waals surface area contributed by atoms with Crippen molar-refractivity contribution >= 4 is 39.4 Å². The molecule has 6 rings (SSSR count). The fourth-order valence-electron chi connectivity index (χ4n) is 4.05. The molecule has 0 radical (unpaired) electrons. The van der Waals surface area contributed by atoms with Gasteiger partial charge in [0.2, 0.25) is 5.65 Å². The maximum absolute atomic E-state index is 13.6. The van der Waals surface area contributed by atoms with E-state index in [9.17, 15) is 4.79 Å². The Hall–Kier alpha value is -4.72. The number of H-pyrrole nitrogens is 1. The predicted molar refractivity (Wildman–Crippen MR) is 131 cm³/mol. The van der Waals surface area contributed by atoms with E-state index in [4.69, 9.17) is 9.97 Å². The van der Waals surface area contributed by atoms with E-state index in [2.05, 4.69) is 27.2 Å². The molecule has 0 unspecified atom stereocenters. The lowest BCUT2D eigenvalue weighted by Gasteiger charge is -2.01. The number of benzene rings is 2. The summed E-state index contributed by atoms with van der Waals surface area (Å²) in [5.41, 5.74) is 4.75. The Morgan fingerprint density at radius 3 is 2.47 bits per heavy atom. The van der Waals surface area contributed by atoms with Gasteiger partial charge in [-0.15, -0.1) is 9.78 Å². The highest BCUT2D eigenvalue weighted by atomic mass is 16.1. The Kier molecular flexibility index (Phi) is 4.88. The van der Waals surface area contributed by atoms with E-state index in [1.165, 1.54) is 5.56 Å². The van der Waals surface area contributed by atoms with Crippen LogP contribution in [0.2, 0.25) is 0 Å². The van der Waals surface area contributed by atoms with Crippen molar-refractivity contribution in [3.8, 4) is 0 Å². The highest BCUT2D eigenvalue weighted by Gasteiger charge is 2.24. The summed E-state index contributed by atoms with van der Waals surface area (Å²) in [6.45, 7) is 0.542. The first-order valence-electron chi connectivity index (χ1n) is 11.0. The number of pyridine rings is 1. The first kappa shape index (κ1) is 19.9. The summed E-state index contributed by atoms with van der Waals surface area (Å²) in [6, 6.07) is 23.3. The first-order chi connectivity index (χ1) is 16.8. The van der Waals surface area contributed by atoms with Crippen molar-refractivity contribution < 1.29 is 4.98 Å². The molecule has 4 aromatic heterocycles. The molecule has 34 heavy (non-hydrogen) atoms. The zero-order valence-electron chi connectivity index (χ0n) is 18.2. The molecule has 0 bridgehead atoms. The summed E-state index contributed by atoms with van der Waals surface area (Å²) >= 11 is 0. The van der Waals surface area contributed by atoms with Gasteiger partial charge in [-0.2, -0.15) is 0 Å². The van der Waals surface area contributed by atoms with E-state index in [0.29, 0.717) is 34.4 Å². The average Bonchev–Trinajstić information content (AvgIpc) is 3.20. The SMILES string of the molecule is O=c1c2c3nc4ccccc4nc3n(/N=C/c3ccccn3)c2[nH+]cn1CCc1ccccc1. The Morgan fingerprint density at radius 1 is 0.912 bits per heavy atom. The highest BCUT2D eigenvalue weighted by molar-refractivity contribution is 6.03. The summed E-state index contributed by atoms with van der Waals surface area (Å²) < 4.78 is 3.31. The van der Waals surface area contributed by atoms with Crippen LogP contribution in [-0.4, -0.2) is 30.4 Å². The van der Waals surface area contributed by atoms with Crippen LogP contribution in [0.5, 0.6) is 0 Å². The fraction of sp³-hybridized carbons (Fsp3) is 0.0769. The topological polar surface area (TPSA) is 92.1 Å². The molecule has 0 spiro atoms. The van der Waals surface area contributed by atoms with Crippen LogP contribution in [0.3, 0.4) is 0 Å². The molecule has 2 aromatic carbocycles. The molecule has 8 heteroatoms. The summed E-state index contributed by atoms with van der Waals surface area (Å²) in [6.07, 6.45) is 5.78. The minimum absolute atomic E-state index is 0.133. The van der Waals surface area contributed by atoms with Crippen molar-refractivity contribution in [2.24, 2.45) is 5.10 Å². The highest BCUT2D eigenvalue weighted by Crippen LogP contribution is 2.23. The van der Waals surface area contributed by atoms with E-state index in [1.54, 1.807) is 28.0 Å². The summed E-state index contributed by atoms with van der Waals surface area (Å²) in [5, 5.41) is 5.07. The van der Waals surface area contributed by atoms with Gasteiger partial charge in [-0.25, -0.2) is 24.3 Å². The number of fused-ring (bicyclic) bond motifs is 4. The zero-order valence-corrected chi connectivity index (χ0v) is 18.2. The van der Waals surface area contributed by atoms with Crippen molar-refractivity contribution in [3.63, 3.8) is 0 Å². The molecule has 0 amide bonds. The van der Waals surface area contributed by atoms with Gasteiger partial charge in [0.1, 0.15) is 5.52 Å². The molecule has 0 atom stereocenters. The second-order valence-electron chi connectivity index (χ2n) is 7.93. The zero-order chi connectivity index (χ0) is 22.9. The van der Waals surface area contributed by atoms with Gasteiger partial charge >= 0.3 is 5.56 Å². The van der Waals surface area contributed by atoms with Crippen LogP contribution in [-0.2, 0) is 13.0 Å². The molecule has 164 valence electrons. The second-order valence-corrected chi connectivity index (χ2v) is 7.93. The minimum Gasteiger partial charge on any atom is -0.255 e. The Balaban J connectivity index is 1.55. The van der Waals surface area contributed by atoms with Crippen LogP contribution in [0.1, 0.15) is 11.3 Å². The van der Waals surface area contributed by atoms with Crippen LogP contribution < -0.4 is 10.5 Å². The molecular weight excluding hydrogens is 426 g/mol. The summed E-state index contributed by atoms with van der Waals surface area (Å²) in [5.74, 6) is 0. The van der Waals surface area contributed by atoms with Gasteiger partial charge in [0.25, 0.3) is 5.65 Å². The normalized spacial score (nSPS) is 11.8. The molecule has 0 aliphatic carbocycles. The van der Waals surface area contributed by atoms with Crippen LogP contribution in [0, 0.1) is 0 Å². The maximum atomic E-state index is 13.6. The predicted octanol–water partition coefficient (Wildman–Crippen LogP) is 3.23. The van der Waals surface area contributed by atoms with Gasteiger partial charge in [-0.1, -0.05) is 48.5 Å². The third kappa shape index (κ3) is 3.51. The Labute approximate surface area is 193 Å². The number of nitrogens with one attached hydrogen (secondary N) is 1. The van der Waals surface area contributed by atoms with Gasteiger partial charge in [0.15, 0.2) is 11.7 Å². The monoisotopic (exact) mass is 446 g/mol. The number of para-hydroxylation sites is 2. The number of rotatable bonds is 5. The Morgan fingerprint density at radius 2 is 1.68 bits per heavy atom. The number of aryl methyl sites for hydroxylation is 2. The molecule has 4 heterocycles. The van der Waals surface area contributed by atoms with E-state index in [0.717, 1.165) is 17.5 Å². The third-order valence-electron chi connectivity index (χ3n) is 5.75. The number of aromatic nitrogens is 6. The number of hydrogen-bond donors (Lipinski definition) is 0.